The predicted octanol–water partition coefficient (Wildman–Crippen LogP) is 4.06. The van der Waals surface area contributed by atoms with Crippen LogP contribution in [0.15, 0.2) is 70.6 Å². The smallest absolute Gasteiger partial charge is 0.266 e. The second kappa shape index (κ2) is 6.93. The van der Waals surface area contributed by atoms with Crippen molar-refractivity contribution >= 4 is 22.7 Å². The number of hydrogen-bond acceptors (Lipinski definition) is 4. The third kappa shape index (κ3) is 3.21. The normalized spacial score (nSPS) is 10.8. The number of para-hydroxylation sites is 1. The minimum absolute atomic E-state index is 0.0741. The Kier molecular flexibility index (Phi) is 4.71. The zero-order valence-electron chi connectivity index (χ0n) is 13.7. The van der Waals surface area contributed by atoms with Crippen LogP contribution in [0.1, 0.15) is 6.92 Å². The minimum Gasteiger partial charge on any atom is -0.497 e. The SMILES string of the molecule is C=C(C)CSc1nc2ccccc2c(=O)n1-c1ccc(OC)cc1. The molecule has 5 heteroatoms. The van der Waals surface area contributed by atoms with Gasteiger partial charge in [0.15, 0.2) is 5.16 Å². The molecule has 0 spiro atoms. The summed E-state index contributed by atoms with van der Waals surface area (Å²) in [4.78, 5) is 17.7. The van der Waals surface area contributed by atoms with E-state index in [2.05, 4.69) is 11.6 Å². The van der Waals surface area contributed by atoms with Crippen molar-refractivity contribution < 1.29 is 4.74 Å². The Morgan fingerprint density at radius 2 is 1.92 bits per heavy atom. The number of hydrogen-bond donors (Lipinski definition) is 0. The van der Waals surface area contributed by atoms with Crippen LogP contribution < -0.4 is 10.3 Å². The summed E-state index contributed by atoms with van der Waals surface area (Å²) in [6.45, 7) is 5.89. The highest BCUT2D eigenvalue weighted by molar-refractivity contribution is 7.99. The first-order valence-corrected chi connectivity index (χ1v) is 8.52. The third-order valence-electron chi connectivity index (χ3n) is 3.52. The summed E-state index contributed by atoms with van der Waals surface area (Å²) in [6.07, 6.45) is 0. The van der Waals surface area contributed by atoms with E-state index >= 15 is 0 Å². The fourth-order valence-corrected chi connectivity index (χ4v) is 3.21. The first-order valence-electron chi connectivity index (χ1n) is 7.53. The Morgan fingerprint density at radius 1 is 1.21 bits per heavy atom. The second-order valence-electron chi connectivity index (χ2n) is 5.50. The molecule has 0 radical (unpaired) electrons. The lowest BCUT2D eigenvalue weighted by Gasteiger charge is -2.13. The van der Waals surface area contributed by atoms with Gasteiger partial charge in [-0.2, -0.15) is 0 Å². The van der Waals surface area contributed by atoms with Crippen molar-refractivity contribution in [2.75, 3.05) is 12.9 Å². The summed E-state index contributed by atoms with van der Waals surface area (Å²) in [7, 11) is 1.62. The van der Waals surface area contributed by atoms with Crippen LogP contribution in [0.25, 0.3) is 16.6 Å². The van der Waals surface area contributed by atoms with Crippen molar-refractivity contribution in [3.63, 3.8) is 0 Å². The highest BCUT2D eigenvalue weighted by atomic mass is 32.2. The number of aromatic nitrogens is 2. The van der Waals surface area contributed by atoms with Gasteiger partial charge in [0.2, 0.25) is 0 Å². The summed E-state index contributed by atoms with van der Waals surface area (Å²) >= 11 is 1.51. The molecule has 0 bridgehead atoms. The molecule has 0 atom stereocenters. The Balaban J connectivity index is 2.21. The van der Waals surface area contributed by atoms with Crippen LogP contribution in [0.5, 0.6) is 5.75 Å². The van der Waals surface area contributed by atoms with Gasteiger partial charge in [0.1, 0.15) is 5.75 Å². The summed E-state index contributed by atoms with van der Waals surface area (Å²) in [5, 5.41) is 1.26. The highest BCUT2D eigenvalue weighted by Gasteiger charge is 2.13. The van der Waals surface area contributed by atoms with E-state index in [1.807, 2.05) is 49.4 Å². The summed E-state index contributed by atoms with van der Waals surface area (Å²) in [6, 6.07) is 14.8. The molecule has 0 aliphatic carbocycles. The Hall–Kier alpha value is -2.53. The van der Waals surface area contributed by atoms with E-state index in [0.717, 1.165) is 17.0 Å². The van der Waals surface area contributed by atoms with Gasteiger partial charge in [0.25, 0.3) is 5.56 Å². The average molecular weight is 338 g/mol. The fraction of sp³-hybridized carbons (Fsp3) is 0.158. The van der Waals surface area contributed by atoms with E-state index in [9.17, 15) is 4.79 Å². The number of rotatable bonds is 5. The van der Waals surface area contributed by atoms with Crippen LogP contribution in [-0.4, -0.2) is 22.4 Å². The number of nitrogens with zero attached hydrogens (tertiary/aromatic N) is 2. The monoisotopic (exact) mass is 338 g/mol. The molecule has 2 aromatic carbocycles. The van der Waals surface area contributed by atoms with Crippen LogP contribution in [0.3, 0.4) is 0 Å². The molecule has 0 saturated carbocycles. The number of fused-ring (bicyclic) bond motifs is 1. The van der Waals surface area contributed by atoms with Crippen molar-refractivity contribution in [2.45, 2.75) is 12.1 Å². The number of thioether (sulfide) groups is 1. The van der Waals surface area contributed by atoms with Crippen molar-refractivity contribution in [1.29, 1.82) is 0 Å². The maximum absolute atomic E-state index is 13.0. The number of methoxy groups -OCH3 is 1. The molecule has 1 aromatic heterocycles. The van der Waals surface area contributed by atoms with E-state index in [1.54, 1.807) is 17.7 Å². The summed E-state index contributed by atoms with van der Waals surface area (Å²) < 4.78 is 6.84. The van der Waals surface area contributed by atoms with Gasteiger partial charge in [-0.15, -0.1) is 0 Å². The van der Waals surface area contributed by atoms with Crippen molar-refractivity contribution in [2.24, 2.45) is 0 Å². The topological polar surface area (TPSA) is 44.1 Å². The Bertz CT molecular complexity index is 946. The molecule has 0 aliphatic rings. The predicted molar refractivity (Wildman–Crippen MR) is 99.4 cm³/mol. The lowest BCUT2D eigenvalue weighted by Crippen LogP contribution is -2.21. The second-order valence-corrected chi connectivity index (χ2v) is 6.44. The van der Waals surface area contributed by atoms with Crippen molar-refractivity contribution in [3.05, 3.63) is 71.0 Å². The Labute approximate surface area is 144 Å². The lowest BCUT2D eigenvalue weighted by atomic mass is 10.2. The van der Waals surface area contributed by atoms with Crippen molar-refractivity contribution in [1.82, 2.24) is 9.55 Å². The molecule has 0 unspecified atom stereocenters. The molecule has 0 amide bonds. The molecule has 3 aromatic rings. The van der Waals surface area contributed by atoms with Gasteiger partial charge in [-0.05, 0) is 43.3 Å². The summed E-state index contributed by atoms with van der Waals surface area (Å²) in [5.41, 5.74) is 2.43. The van der Waals surface area contributed by atoms with Gasteiger partial charge in [-0.1, -0.05) is 36.0 Å². The van der Waals surface area contributed by atoms with Crippen molar-refractivity contribution in [3.8, 4) is 11.4 Å². The zero-order chi connectivity index (χ0) is 17.1. The quantitative estimate of drug-likeness (QED) is 0.400. The van der Waals surface area contributed by atoms with Crippen LogP contribution in [0, 0.1) is 0 Å². The van der Waals surface area contributed by atoms with E-state index in [4.69, 9.17) is 4.74 Å². The Morgan fingerprint density at radius 3 is 2.58 bits per heavy atom. The van der Waals surface area contributed by atoms with Crippen LogP contribution in [-0.2, 0) is 0 Å². The van der Waals surface area contributed by atoms with E-state index in [-0.39, 0.29) is 5.56 Å². The maximum atomic E-state index is 13.0. The molecule has 24 heavy (non-hydrogen) atoms. The first-order chi connectivity index (χ1) is 11.6. The molecule has 1 heterocycles. The number of benzene rings is 2. The van der Waals surface area contributed by atoms with Gasteiger partial charge in [0.05, 0.1) is 23.7 Å². The van der Waals surface area contributed by atoms with Crippen LogP contribution in [0.2, 0.25) is 0 Å². The molecule has 0 aliphatic heterocycles. The van der Waals surface area contributed by atoms with Gasteiger partial charge < -0.3 is 4.74 Å². The molecular formula is C19H18N2O2S. The molecule has 0 fully saturated rings. The molecule has 122 valence electrons. The molecule has 0 N–H and O–H groups in total. The van der Waals surface area contributed by atoms with Gasteiger partial charge in [-0.3, -0.25) is 9.36 Å². The molecular weight excluding hydrogens is 320 g/mol. The van der Waals surface area contributed by atoms with E-state index < -0.39 is 0 Å². The maximum Gasteiger partial charge on any atom is 0.266 e. The lowest BCUT2D eigenvalue weighted by molar-refractivity contribution is 0.414. The zero-order valence-corrected chi connectivity index (χ0v) is 14.5. The van der Waals surface area contributed by atoms with E-state index in [1.165, 1.54) is 11.8 Å². The van der Waals surface area contributed by atoms with Crippen LogP contribution in [0.4, 0.5) is 0 Å². The molecule has 0 saturated heterocycles. The van der Waals surface area contributed by atoms with E-state index in [0.29, 0.717) is 21.8 Å². The van der Waals surface area contributed by atoms with Crippen LogP contribution >= 0.6 is 11.8 Å². The largest absolute Gasteiger partial charge is 0.497 e. The minimum atomic E-state index is -0.0741. The highest BCUT2D eigenvalue weighted by Crippen LogP contribution is 2.23. The standard InChI is InChI=1S/C19H18N2O2S/c1-13(2)12-24-19-20-17-7-5-4-6-16(17)18(22)21(19)14-8-10-15(23-3)11-9-14/h4-11H,1,12H2,2-3H3. The van der Waals surface area contributed by atoms with Gasteiger partial charge >= 0.3 is 0 Å². The molecule has 3 rings (SSSR count). The number of ether oxygens (including phenoxy) is 1. The average Bonchev–Trinajstić information content (AvgIpc) is 2.60. The van der Waals surface area contributed by atoms with Gasteiger partial charge in [-0.25, -0.2) is 4.98 Å². The third-order valence-corrected chi connectivity index (χ3v) is 4.69. The molecule has 4 nitrogen and oxygen atoms in total. The summed E-state index contributed by atoms with van der Waals surface area (Å²) in [5.74, 6) is 1.46. The first kappa shape index (κ1) is 16.3. The fourth-order valence-electron chi connectivity index (χ4n) is 2.36. The van der Waals surface area contributed by atoms with Gasteiger partial charge in [0, 0.05) is 5.75 Å².